The van der Waals surface area contributed by atoms with Crippen molar-refractivity contribution in [1.29, 1.82) is 5.39 Å². The van der Waals surface area contributed by atoms with E-state index in [1.807, 2.05) is 41.9 Å². The molecule has 0 amide bonds. The summed E-state index contributed by atoms with van der Waals surface area (Å²) >= 11 is 0. The number of diazo groups is 1. The molecule has 0 saturated carbocycles. The number of ether oxygens (including phenoxy) is 2. The number of rotatable bonds is 4. The van der Waals surface area contributed by atoms with Gasteiger partial charge in [-0.25, -0.2) is 4.98 Å². The molecule has 0 bridgehead atoms. The minimum atomic E-state index is -0.181. The van der Waals surface area contributed by atoms with Gasteiger partial charge in [0.05, 0.1) is 36.0 Å². The van der Waals surface area contributed by atoms with Crippen molar-refractivity contribution in [2.45, 2.75) is 0 Å². The lowest BCUT2D eigenvalue weighted by Crippen LogP contribution is -2.46. The Hall–Kier alpha value is -4.32. The summed E-state index contributed by atoms with van der Waals surface area (Å²) in [5.41, 5.74) is 2.40. The van der Waals surface area contributed by atoms with Gasteiger partial charge in [0.15, 0.2) is 4.98 Å². The molecule has 5 rings (SSSR count). The summed E-state index contributed by atoms with van der Waals surface area (Å²) < 4.78 is 12.9. The number of benzene rings is 2. The van der Waals surface area contributed by atoms with Gasteiger partial charge >= 0.3 is 5.69 Å². The summed E-state index contributed by atoms with van der Waals surface area (Å²) in [6.07, 6.45) is 1.79. The largest absolute Gasteiger partial charge is 0.497 e. The zero-order chi connectivity index (χ0) is 23.8. The van der Waals surface area contributed by atoms with Gasteiger partial charge in [-0.05, 0) is 18.2 Å². The number of fused-ring (bicyclic) bond motifs is 2. The summed E-state index contributed by atoms with van der Waals surface area (Å²) in [5.74, 6) is 1.99. The van der Waals surface area contributed by atoms with Crippen LogP contribution in [0.3, 0.4) is 0 Å². The minimum Gasteiger partial charge on any atom is -0.497 e. The second-order valence-corrected chi connectivity index (χ2v) is 8.23. The van der Waals surface area contributed by atoms with E-state index in [0.717, 1.165) is 43.2 Å². The molecule has 0 radical (unpaired) electrons. The molecule has 2 aromatic heterocycles. The van der Waals surface area contributed by atoms with E-state index in [2.05, 4.69) is 19.8 Å². The Morgan fingerprint density at radius 1 is 0.971 bits per heavy atom. The predicted molar refractivity (Wildman–Crippen MR) is 133 cm³/mol. The lowest BCUT2D eigenvalue weighted by molar-refractivity contribution is 0.397. The molecule has 1 aliphatic rings. The number of aryl methyl sites for hydroxylation is 1. The molecule has 9 nitrogen and oxygen atoms in total. The quantitative estimate of drug-likeness (QED) is 0.339. The van der Waals surface area contributed by atoms with Crippen molar-refractivity contribution in [3.05, 3.63) is 63.9 Å². The first-order valence-electron chi connectivity index (χ1n) is 11.0. The maximum absolute atomic E-state index is 13.5. The third-order valence-corrected chi connectivity index (χ3v) is 6.50. The van der Waals surface area contributed by atoms with Gasteiger partial charge in [0, 0.05) is 57.6 Å². The van der Waals surface area contributed by atoms with E-state index in [-0.39, 0.29) is 5.43 Å². The van der Waals surface area contributed by atoms with Crippen LogP contribution in [-0.4, -0.2) is 49.9 Å². The first-order chi connectivity index (χ1) is 16.5. The van der Waals surface area contributed by atoms with Gasteiger partial charge in [-0.3, -0.25) is 4.79 Å². The highest BCUT2D eigenvalue weighted by Crippen LogP contribution is 2.36. The summed E-state index contributed by atoms with van der Waals surface area (Å²) in [6.45, 7) is 3.03. The number of piperazine rings is 1. The third-order valence-electron chi connectivity index (χ3n) is 6.50. The van der Waals surface area contributed by atoms with E-state index in [1.54, 1.807) is 25.4 Å². The Morgan fingerprint density at radius 3 is 2.38 bits per heavy atom. The topological polar surface area (TPSA) is 88.0 Å². The maximum atomic E-state index is 13.5. The van der Waals surface area contributed by atoms with E-state index < -0.39 is 0 Å². The average molecular weight is 458 g/mol. The fraction of sp³-hybridized carbons (Fsp3) is 0.280. The molecule has 1 aliphatic heterocycles. The number of anilines is 2. The highest BCUT2D eigenvalue weighted by atomic mass is 16.5. The molecule has 172 valence electrons. The summed E-state index contributed by atoms with van der Waals surface area (Å²) in [5, 5.41) is 10.7. The fourth-order valence-corrected chi connectivity index (χ4v) is 4.69. The average Bonchev–Trinajstić information content (AvgIpc) is 2.90. The van der Waals surface area contributed by atoms with Gasteiger partial charge in [-0.2, -0.15) is 0 Å². The molecule has 4 aromatic rings. The SMILES string of the molecule is COc1cc(OC)c2c(=O)c3cc([N+]#N)c(N4CCN(c5ccccn5)CC4)cc3n(C)c2c1. The normalized spacial score (nSPS) is 13.8. The Labute approximate surface area is 196 Å². The first-order valence-corrected chi connectivity index (χ1v) is 11.0. The number of hydrogen-bond donors (Lipinski definition) is 0. The standard InChI is InChI=1S/C25H25N6O3/c1-29-19-15-20(30-8-10-31(11-9-30)23-6-4-5-7-27-23)18(28-26)14-17(19)25(32)24-21(29)12-16(33-2)13-22(24)34-3/h4-7,12-15H,8-11H2,1-3H3/q+1. The highest BCUT2D eigenvalue weighted by Gasteiger charge is 2.27. The van der Waals surface area contributed by atoms with Crippen LogP contribution >= 0.6 is 0 Å². The number of nitrogens with zero attached hydrogens (tertiary/aromatic N) is 6. The summed E-state index contributed by atoms with van der Waals surface area (Å²) in [4.78, 5) is 25.9. The Kier molecular flexibility index (Phi) is 5.42. The van der Waals surface area contributed by atoms with E-state index in [4.69, 9.17) is 9.47 Å². The van der Waals surface area contributed by atoms with Crippen LogP contribution in [-0.2, 0) is 7.05 Å². The van der Waals surface area contributed by atoms with Crippen LogP contribution in [0, 0.1) is 5.39 Å². The van der Waals surface area contributed by atoms with E-state index in [0.29, 0.717) is 33.5 Å². The summed E-state index contributed by atoms with van der Waals surface area (Å²) in [6, 6.07) is 13.0. The molecule has 34 heavy (non-hydrogen) atoms. The van der Waals surface area contributed by atoms with Crippen molar-refractivity contribution < 1.29 is 9.47 Å². The smallest absolute Gasteiger partial charge is 0.408 e. The molecule has 0 unspecified atom stereocenters. The maximum Gasteiger partial charge on any atom is 0.408 e. The van der Waals surface area contributed by atoms with Crippen molar-refractivity contribution >= 4 is 39.0 Å². The second-order valence-electron chi connectivity index (χ2n) is 8.23. The first kappa shape index (κ1) is 21.5. The molecule has 9 heteroatoms. The lowest BCUT2D eigenvalue weighted by Gasteiger charge is -2.36. The van der Waals surface area contributed by atoms with Crippen molar-refractivity contribution in [1.82, 2.24) is 9.55 Å². The molecule has 3 heterocycles. The molecule has 0 atom stereocenters. The predicted octanol–water partition coefficient (Wildman–Crippen LogP) is 3.92. The minimum absolute atomic E-state index is 0.181. The van der Waals surface area contributed by atoms with Crippen molar-refractivity contribution in [3.8, 4) is 11.5 Å². The fourth-order valence-electron chi connectivity index (χ4n) is 4.69. The number of aromatic nitrogens is 2. The number of pyridine rings is 2. The van der Waals surface area contributed by atoms with Gasteiger partial charge in [0.2, 0.25) is 10.8 Å². The molecular formula is C25H25N6O3+. The molecule has 1 fully saturated rings. The van der Waals surface area contributed by atoms with Crippen LogP contribution in [0.5, 0.6) is 11.5 Å². The van der Waals surface area contributed by atoms with Gasteiger partial charge < -0.3 is 23.8 Å². The van der Waals surface area contributed by atoms with Gasteiger partial charge in [0.25, 0.3) is 0 Å². The summed E-state index contributed by atoms with van der Waals surface area (Å²) in [7, 11) is 5.01. The monoisotopic (exact) mass is 457 g/mol. The van der Waals surface area contributed by atoms with Gasteiger partial charge in [-0.1, -0.05) is 6.07 Å². The van der Waals surface area contributed by atoms with E-state index in [9.17, 15) is 10.2 Å². The lowest BCUT2D eigenvalue weighted by atomic mass is 10.1. The van der Waals surface area contributed by atoms with Gasteiger partial charge in [-0.15, -0.1) is 0 Å². The molecular weight excluding hydrogens is 432 g/mol. The molecule has 0 spiro atoms. The number of methoxy groups -OCH3 is 2. The van der Waals surface area contributed by atoms with Crippen molar-refractivity contribution in [3.63, 3.8) is 0 Å². The molecule has 1 saturated heterocycles. The van der Waals surface area contributed by atoms with Gasteiger partial charge in [0.1, 0.15) is 23.0 Å². The van der Waals surface area contributed by atoms with Crippen LogP contribution < -0.4 is 24.7 Å². The molecule has 2 aromatic carbocycles. The Morgan fingerprint density at radius 2 is 1.74 bits per heavy atom. The van der Waals surface area contributed by atoms with Crippen molar-refractivity contribution in [2.24, 2.45) is 7.05 Å². The zero-order valence-corrected chi connectivity index (χ0v) is 19.4. The molecule has 0 aliphatic carbocycles. The van der Waals surface area contributed by atoms with Crippen molar-refractivity contribution in [2.75, 3.05) is 50.2 Å². The van der Waals surface area contributed by atoms with Crippen LogP contribution in [0.2, 0.25) is 0 Å². The van der Waals surface area contributed by atoms with Crippen LogP contribution in [0.1, 0.15) is 0 Å². The zero-order valence-electron chi connectivity index (χ0n) is 19.4. The Balaban J connectivity index is 1.62. The third kappa shape index (κ3) is 3.44. The second kappa shape index (κ2) is 8.56. The number of hydrogen-bond acceptors (Lipinski definition) is 7. The highest BCUT2D eigenvalue weighted by molar-refractivity contribution is 6.00. The molecule has 0 N–H and O–H groups in total. The van der Waals surface area contributed by atoms with E-state index in [1.165, 1.54) is 7.11 Å². The van der Waals surface area contributed by atoms with E-state index >= 15 is 0 Å². The Bertz CT molecular complexity index is 1480. The van der Waals surface area contributed by atoms with Crippen LogP contribution in [0.15, 0.2) is 53.5 Å². The van der Waals surface area contributed by atoms with Crippen LogP contribution in [0.25, 0.3) is 26.8 Å². The van der Waals surface area contributed by atoms with Crippen LogP contribution in [0.4, 0.5) is 17.2 Å².